The van der Waals surface area contributed by atoms with Gasteiger partial charge < -0.3 is 27.9 Å². The lowest BCUT2D eigenvalue weighted by atomic mass is 10.1. The van der Waals surface area contributed by atoms with E-state index < -0.39 is 32.5 Å². The maximum Gasteiger partial charge on any atom is 0.306 e. The quantitative estimate of drug-likeness (QED) is 0.0217. The Bertz CT molecular complexity index is 1040. The topological polar surface area (TPSA) is 111 Å². The second kappa shape index (κ2) is 32.6. The molecule has 10 heteroatoms. The molecule has 0 aliphatic heterocycles. The maximum absolute atomic E-state index is 12.6. The van der Waals surface area contributed by atoms with Crippen LogP contribution < -0.4 is 4.89 Å². The van der Waals surface area contributed by atoms with E-state index in [-0.39, 0.29) is 26.1 Å². The number of rotatable bonds is 33. The molecule has 0 saturated carbocycles. The van der Waals surface area contributed by atoms with Gasteiger partial charge in [-0.2, -0.15) is 0 Å². The molecule has 0 fully saturated rings. The number of ether oxygens (including phenoxy) is 2. The summed E-state index contributed by atoms with van der Waals surface area (Å²) in [6.45, 7) is 3.97. The molecule has 0 aromatic rings. The minimum Gasteiger partial charge on any atom is -0.756 e. The number of unbranched alkanes of at least 4 members (excludes halogenated alkanes) is 9. The first-order valence-corrected chi connectivity index (χ1v) is 20.5. The lowest BCUT2D eigenvalue weighted by Crippen LogP contribution is -2.37. The van der Waals surface area contributed by atoms with Crippen molar-refractivity contribution in [3.8, 4) is 0 Å². The summed E-state index contributed by atoms with van der Waals surface area (Å²) in [7, 11) is 1.12. The van der Waals surface area contributed by atoms with Crippen LogP contribution in [0.2, 0.25) is 0 Å². The predicted molar refractivity (Wildman–Crippen MR) is 203 cm³/mol. The molecule has 0 heterocycles. The third-order valence-electron chi connectivity index (χ3n) is 7.52. The highest BCUT2D eigenvalue weighted by molar-refractivity contribution is 7.45. The summed E-state index contributed by atoms with van der Waals surface area (Å²) >= 11 is 0. The van der Waals surface area contributed by atoms with Gasteiger partial charge in [-0.25, -0.2) is 0 Å². The Morgan fingerprint density at radius 1 is 0.640 bits per heavy atom. The monoisotopic (exact) mass is 723 g/mol. The maximum atomic E-state index is 12.6. The normalized spacial score (nSPS) is 14.4. The Morgan fingerprint density at radius 2 is 1.14 bits per heavy atom. The SMILES string of the molecule is CC/C=C/C/C=C/C/C=C/C/C=C/CCCCC(=O)O[C@H](COC(=O)CCCCCCC/C=C/CCCC)COP(=O)([O-])OCC[N+](C)(C)C. The van der Waals surface area contributed by atoms with Crippen LogP contribution >= 0.6 is 7.82 Å². The van der Waals surface area contributed by atoms with Gasteiger partial charge in [0.05, 0.1) is 27.7 Å². The number of hydrogen-bond donors (Lipinski definition) is 0. The highest BCUT2D eigenvalue weighted by Crippen LogP contribution is 2.38. The first-order valence-electron chi connectivity index (χ1n) is 19.0. The standard InChI is InChI=1S/C40H70NO8P/c1-6-8-10-12-14-16-18-19-20-21-23-25-27-29-31-33-40(43)49-38(37-48-50(44,45)47-35-34-41(3,4)5)36-46-39(42)32-30-28-26-24-22-17-15-13-11-9-7-2/h8,10,13-16,19-20,23,25,38H,6-7,9,11-12,17-18,21-22,24,26-37H2,1-5H3/b10-8+,15-13+,16-14+,20-19+,25-23+/t38-/m1/s1. The summed E-state index contributed by atoms with van der Waals surface area (Å²) in [5, 5.41) is 0. The van der Waals surface area contributed by atoms with Gasteiger partial charge in [0.15, 0.2) is 6.10 Å². The van der Waals surface area contributed by atoms with E-state index in [9.17, 15) is 19.0 Å². The molecule has 0 aliphatic carbocycles. The molecule has 0 saturated heterocycles. The number of nitrogens with zero attached hydrogens (tertiary/aromatic N) is 1. The molecule has 9 nitrogen and oxygen atoms in total. The lowest BCUT2D eigenvalue weighted by molar-refractivity contribution is -0.870. The van der Waals surface area contributed by atoms with Crippen LogP contribution in [-0.2, 0) is 32.7 Å². The van der Waals surface area contributed by atoms with Gasteiger partial charge in [0.25, 0.3) is 7.82 Å². The number of carbonyl (C=O) groups is 2. The Labute approximate surface area is 305 Å². The zero-order chi connectivity index (χ0) is 37.2. The van der Waals surface area contributed by atoms with Gasteiger partial charge in [-0.15, -0.1) is 0 Å². The smallest absolute Gasteiger partial charge is 0.306 e. The zero-order valence-corrected chi connectivity index (χ0v) is 33.0. The average Bonchev–Trinajstić information content (AvgIpc) is 3.06. The van der Waals surface area contributed by atoms with E-state index in [2.05, 4.69) is 74.6 Å². The van der Waals surface area contributed by atoms with Crippen molar-refractivity contribution < 1.29 is 42.1 Å². The van der Waals surface area contributed by atoms with Crippen molar-refractivity contribution in [3.63, 3.8) is 0 Å². The van der Waals surface area contributed by atoms with E-state index in [4.69, 9.17) is 18.5 Å². The summed E-state index contributed by atoms with van der Waals surface area (Å²) in [5.74, 6) is -0.904. The average molecular weight is 724 g/mol. The van der Waals surface area contributed by atoms with Crippen LogP contribution in [0.25, 0.3) is 0 Å². The Hall–Kier alpha value is -2.29. The minimum atomic E-state index is -4.63. The number of allylic oxidation sites excluding steroid dienone is 10. The molecule has 2 atom stereocenters. The Balaban J connectivity index is 4.55. The van der Waals surface area contributed by atoms with E-state index in [1.54, 1.807) is 0 Å². The molecule has 0 aliphatic rings. The molecule has 50 heavy (non-hydrogen) atoms. The largest absolute Gasteiger partial charge is 0.756 e. The molecule has 288 valence electrons. The molecule has 0 radical (unpaired) electrons. The number of carbonyl (C=O) groups excluding carboxylic acids is 2. The van der Waals surface area contributed by atoms with Crippen molar-refractivity contribution in [1.82, 2.24) is 0 Å². The summed E-state index contributed by atoms with van der Waals surface area (Å²) in [4.78, 5) is 37.3. The second-order valence-corrected chi connectivity index (χ2v) is 15.0. The molecule has 0 rings (SSSR count). The van der Waals surface area contributed by atoms with E-state index in [0.29, 0.717) is 23.9 Å². The van der Waals surface area contributed by atoms with Crippen molar-refractivity contribution in [2.24, 2.45) is 0 Å². The number of phosphoric ester groups is 1. The number of quaternary nitrogens is 1. The second-order valence-electron chi connectivity index (χ2n) is 13.6. The molecule has 0 spiro atoms. The van der Waals surface area contributed by atoms with Crippen molar-refractivity contribution in [2.75, 3.05) is 47.5 Å². The van der Waals surface area contributed by atoms with Crippen molar-refractivity contribution in [3.05, 3.63) is 60.8 Å². The van der Waals surface area contributed by atoms with Crippen LogP contribution in [0.3, 0.4) is 0 Å². The number of likely N-dealkylation sites (N-methyl/N-ethyl adjacent to an activating group) is 1. The van der Waals surface area contributed by atoms with E-state index in [1.807, 2.05) is 21.1 Å². The van der Waals surface area contributed by atoms with Crippen LogP contribution in [-0.4, -0.2) is 70.0 Å². The van der Waals surface area contributed by atoms with Crippen LogP contribution in [0.4, 0.5) is 0 Å². The Kier molecular flexibility index (Phi) is 31.1. The summed E-state index contributed by atoms with van der Waals surface area (Å²) in [6.07, 6.45) is 36.8. The first-order chi connectivity index (χ1) is 24.0. The summed E-state index contributed by atoms with van der Waals surface area (Å²) in [5.41, 5.74) is 0. The number of esters is 2. The van der Waals surface area contributed by atoms with Crippen molar-refractivity contribution >= 4 is 19.8 Å². The molecule has 0 aromatic carbocycles. The van der Waals surface area contributed by atoms with Crippen LogP contribution in [0.5, 0.6) is 0 Å². The first kappa shape index (κ1) is 47.7. The fraction of sp³-hybridized carbons (Fsp3) is 0.700. The van der Waals surface area contributed by atoms with Crippen LogP contribution in [0.1, 0.15) is 129 Å². The molecular weight excluding hydrogens is 653 g/mol. The van der Waals surface area contributed by atoms with Gasteiger partial charge in [0.1, 0.15) is 19.8 Å². The molecule has 0 aromatic heterocycles. The van der Waals surface area contributed by atoms with Gasteiger partial charge >= 0.3 is 11.9 Å². The molecule has 0 amide bonds. The van der Waals surface area contributed by atoms with Crippen LogP contribution in [0, 0.1) is 0 Å². The van der Waals surface area contributed by atoms with Gasteiger partial charge in [0.2, 0.25) is 0 Å². The van der Waals surface area contributed by atoms with E-state index in [0.717, 1.165) is 77.0 Å². The third kappa shape index (κ3) is 35.5. The summed E-state index contributed by atoms with van der Waals surface area (Å²) < 4.78 is 33.7. The van der Waals surface area contributed by atoms with E-state index in [1.165, 1.54) is 12.8 Å². The highest BCUT2D eigenvalue weighted by atomic mass is 31.2. The van der Waals surface area contributed by atoms with Crippen molar-refractivity contribution in [2.45, 2.75) is 136 Å². The lowest BCUT2D eigenvalue weighted by Gasteiger charge is -2.28. The highest BCUT2D eigenvalue weighted by Gasteiger charge is 2.21. The van der Waals surface area contributed by atoms with Gasteiger partial charge in [-0.3, -0.25) is 14.2 Å². The molecular formula is C40H70NO8P. The molecule has 1 unspecified atom stereocenters. The van der Waals surface area contributed by atoms with Gasteiger partial charge in [-0.05, 0) is 70.6 Å². The fourth-order valence-corrected chi connectivity index (χ4v) is 5.23. The third-order valence-corrected chi connectivity index (χ3v) is 8.49. The molecule has 0 bridgehead atoms. The Morgan fingerprint density at radius 3 is 1.76 bits per heavy atom. The number of phosphoric acid groups is 1. The number of hydrogen-bond acceptors (Lipinski definition) is 8. The van der Waals surface area contributed by atoms with Gasteiger partial charge in [0, 0.05) is 12.8 Å². The fourth-order valence-electron chi connectivity index (χ4n) is 4.51. The van der Waals surface area contributed by atoms with Gasteiger partial charge in [-0.1, -0.05) is 107 Å². The molecule has 0 N–H and O–H groups in total. The summed E-state index contributed by atoms with van der Waals surface area (Å²) in [6, 6.07) is 0. The van der Waals surface area contributed by atoms with E-state index >= 15 is 0 Å². The minimum absolute atomic E-state index is 0.0430. The predicted octanol–water partition coefficient (Wildman–Crippen LogP) is 9.49. The zero-order valence-electron chi connectivity index (χ0n) is 32.1. The van der Waals surface area contributed by atoms with Crippen molar-refractivity contribution in [1.29, 1.82) is 0 Å². The van der Waals surface area contributed by atoms with Crippen LogP contribution in [0.15, 0.2) is 60.8 Å².